The van der Waals surface area contributed by atoms with Gasteiger partial charge in [0.2, 0.25) is 0 Å². The molecule has 3 rings (SSSR count). The summed E-state index contributed by atoms with van der Waals surface area (Å²) in [4.78, 5) is 18.1. The van der Waals surface area contributed by atoms with Gasteiger partial charge in [-0.05, 0) is 35.6 Å². The molecule has 1 unspecified atom stereocenters. The predicted molar refractivity (Wildman–Crippen MR) is 93.7 cm³/mol. The third-order valence-corrected chi connectivity index (χ3v) is 4.18. The number of allylic oxidation sites excluding steroid dienone is 2. The summed E-state index contributed by atoms with van der Waals surface area (Å²) in [5.41, 5.74) is 3.21. The minimum atomic E-state index is -0.596. The number of nitrogens with one attached hydrogen (secondary N) is 1. The topological polar surface area (TPSA) is 64.9 Å². The Balaban J connectivity index is 1.46. The molecular formula is C19H21N3O2. The van der Waals surface area contributed by atoms with Crippen molar-refractivity contribution < 1.29 is 9.90 Å². The molecule has 0 spiro atoms. The average molecular weight is 323 g/mol. The normalized spacial score (nSPS) is 17.8. The van der Waals surface area contributed by atoms with E-state index in [1.807, 2.05) is 6.07 Å². The Labute approximate surface area is 141 Å². The number of aliphatic hydroxyl groups is 1. The van der Waals surface area contributed by atoms with E-state index in [1.165, 1.54) is 17.3 Å². The molecule has 24 heavy (non-hydrogen) atoms. The van der Waals surface area contributed by atoms with Crippen molar-refractivity contribution in [3.63, 3.8) is 0 Å². The lowest BCUT2D eigenvalue weighted by atomic mass is 10.00. The molecule has 1 atom stereocenters. The van der Waals surface area contributed by atoms with Gasteiger partial charge in [0.15, 0.2) is 0 Å². The zero-order valence-electron chi connectivity index (χ0n) is 13.5. The predicted octanol–water partition coefficient (Wildman–Crippen LogP) is 1.20. The maximum Gasteiger partial charge on any atom is 0.251 e. The SMILES string of the molecule is O=C(NCC(O)CN1CCc2ccccc2C1)C1=CC=C=NC=C1. The largest absolute Gasteiger partial charge is 0.390 e. The van der Waals surface area contributed by atoms with Gasteiger partial charge in [-0.2, -0.15) is 0 Å². The van der Waals surface area contributed by atoms with Crippen LogP contribution >= 0.6 is 0 Å². The Kier molecular flexibility index (Phi) is 5.39. The Morgan fingerprint density at radius 3 is 3.08 bits per heavy atom. The van der Waals surface area contributed by atoms with Crippen molar-refractivity contribution in [1.29, 1.82) is 0 Å². The number of carbonyl (C=O) groups is 1. The Morgan fingerprint density at radius 1 is 1.38 bits per heavy atom. The number of fused-ring (bicyclic) bond motifs is 1. The first-order valence-corrected chi connectivity index (χ1v) is 8.13. The van der Waals surface area contributed by atoms with E-state index in [4.69, 9.17) is 0 Å². The van der Waals surface area contributed by atoms with Crippen LogP contribution in [0.25, 0.3) is 0 Å². The fraction of sp³-hybridized carbons (Fsp3) is 0.316. The zero-order chi connectivity index (χ0) is 16.8. The minimum absolute atomic E-state index is 0.218. The van der Waals surface area contributed by atoms with Crippen LogP contribution in [0.3, 0.4) is 0 Å². The van der Waals surface area contributed by atoms with Gasteiger partial charge in [-0.3, -0.25) is 9.69 Å². The van der Waals surface area contributed by atoms with E-state index in [-0.39, 0.29) is 12.5 Å². The van der Waals surface area contributed by atoms with E-state index in [9.17, 15) is 9.90 Å². The molecule has 2 aliphatic rings. The first-order chi connectivity index (χ1) is 11.7. The molecule has 0 saturated heterocycles. The Hall–Kier alpha value is -2.46. The van der Waals surface area contributed by atoms with Gasteiger partial charge in [0, 0.05) is 44.0 Å². The number of nitrogens with zero attached hydrogens (tertiary/aromatic N) is 2. The van der Waals surface area contributed by atoms with Crippen molar-refractivity contribution in [2.24, 2.45) is 4.99 Å². The Morgan fingerprint density at radius 2 is 2.21 bits per heavy atom. The number of hydrogen-bond acceptors (Lipinski definition) is 4. The summed E-state index contributed by atoms with van der Waals surface area (Å²) in [7, 11) is 0. The molecule has 2 heterocycles. The zero-order valence-corrected chi connectivity index (χ0v) is 13.5. The molecule has 1 amide bonds. The lowest BCUT2D eigenvalue weighted by Crippen LogP contribution is -2.42. The number of β-amino-alcohol motifs (C(OH)–C–C–N with tert-alkyl or cyclic N) is 1. The van der Waals surface area contributed by atoms with Crippen molar-refractivity contribution in [3.05, 3.63) is 65.4 Å². The van der Waals surface area contributed by atoms with Gasteiger partial charge in [0.25, 0.3) is 5.91 Å². The van der Waals surface area contributed by atoms with Gasteiger partial charge < -0.3 is 10.4 Å². The van der Waals surface area contributed by atoms with Crippen molar-refractivity contribution in [2.75, 3.05) is 19.6 Å². The second kappa shape index (κ2) is 7.88. The van der Waals surface area contributed by atoms with E-state index in [0.29, 0.717) is 12.1 Å². The van der Waals surface area contributed by atoms with Crippen LogP contribution in [0.15, 0.2) is 59.3 Å². The standard InChI is InChI=1S/C19H21N3O2/c23-18(12-21-19(24)16-6-3-9-20-10-7-16)14-22-11-8-15-4-1-2-5-17(15)13-22/h1-7,10,18,23H,8,11-14H2,(H,21,24). The van der Waals surface area contributed by atoms with Crippen LogP contribution in [0.4, 0.5) is 0 Å². The summed E-state index contributed by atoms with van der Waals surface area (Å²) in [6.45, 7) is 2.55. The quantitative estimate of drug-likeness (QED) is 0.856. The fourth-order valence-corrected chi connectivity index (χ4v) is 2.92. The van der Waals surface area contributed by atoms with Crippen LogP contribution in [0.2, 0.25) is 0 Å². The summed E-state index contributed by atoms with van der Waals surface area (Å²) >= 11 is 0. The maximum atomic E-state index is 12.1. The summed E-state index contributed by atoms with van der Waals surface area (Å²) in [6.07, 6.45) is 6.80. The number of aliphatic imine (C=N–C) groups is 1. The van der Waals surface area contributed by atoms with Crippen molar-refractivity contribution in [2.45, 2.75) is 19.1 Å². The first kappa shape index (κ1) is 16.4. The van der Waals surface area contributed by atoms with E-state index >= 15 is 0 Å². The molecule has 0 aliphatic carbocycles. The number of aliphatic hydroxyl groups excluding tert-OH is 1. The average Bonchev–Trinajstić information content (AvgIpc) is 2.89. The van der Waals surface area contributed by atoms with Crippen molar-refractivity contribution in [3.8, 4) is 0 Å². The highest BCUT2D eigenvalue weighted by Crippen LogP contribution is 2.18. The van der Waals surface area contributed by atoms with Crippen LogP contribution in [0, 0.1) is 0 Å². The minimum Gasteiger partial charge on any atom is -0.390 e. The van der Waals surface area contributed by atoms with Gasteiger partial charge in [-0.15, -0.1) is 0 Å². The number of benzene rings is 1. The van der Waals surface area contributed by atoms with Gasteiger partial charge in [-0.1, -0.05) is 24.3 Å². The number of rotatable bonds is 5. The van der Waals surface area contributed by atoms with Crippen molar-refractivity contribution in [1.82, 2.24) is 10.2 Å². The number of carbonyl (C=O) groups excluding carboxylic acids is 1. The van der Waals surface area contributed by atoms with E-state index in [2.05, 4.69) is 39.3 Å². The molecule has 2 aliphatic heterocycles. The molecule has 0 saturated carbocycles. The molecule has 0 aromatic heterocycles. The van der Waals surface area contributed by atoms with Crippen LogP contribution in [0.5, 0.6) is 0 Å². The van der Waals surface area contributed by atoms with Crippen LogP contribution < -0.4 is 5.32 Å². The van der Waals surface area contributed by atoms with Gasteiger partial charge in [0.1, 0.15) is 0 Å². The highest BCUT2D eigenvalue weighted by Gasteiger charge is 2.19. The smallest absolute Gasteiger partial charge is 0.251 e. The molecule has 1 aromatic rings. The molecule has 124 valence electrons. The summed E-state index contributed by atoms with van der Waals surface area (Å²) < 4.78 is 0. The maximum absolute atomic E-state index is 12.1. The summed E-state index contributed by atoms with van der Waals surface area (Å²) in [5.74, 6) is 2.44. The fourth-order valence-electron chi connectivity index (χ4n) is 2.92. The third kappa shape index (κ3) is 4.30. The molecule has 5 heteroatoms. The highest BCUT2D eigenvalue weighted by atomic mass is 16.3. The molecule has 5 nitrogen and oxygen atoms in total. The molecule has 0 bridgehead atoms. The van der Waals surface area contributed by atoms with E-state index in [0.717, 1.165) is 19.5 Å². The Bertz CT molecular complexity index is 730. The summed E-state index contributed by atoms with van der Waals surface area (Å²) in [6, 6.07) is 8.41. The van der Waals surface area contributed by atoms with Gasteiger partial charge >= 0.3 is 0 Å². The second-order valence-corrected chi connectivity index (χ2v) is 5.98. The second-order valence-electron chi connectivity index (χ2n) is 5.98. The monoisotopic (exact) mass is 323 g/mol. The van der Waals surface area contributed by atoms with E-state index in [1.54, 1.807) is 18.2 Å². The molecule has 0 fully saturated rings. The van der Waals surface area contributed by atoms with Gasteiger partial charge in [-0.25, -0.2) is 4.99 Å². The van der Waals surface area contributed by atoms with E-state index < -0.39 is 6.10 Å². The van der Waals surface area contributed by atoms with Gasteiger partial charge in [0.05, 0.1) is 6.10 Å². The lowest BCUT2D eigenvalue weighted by Gasteiger charge is -2.30. The first-order valence-electron chi connectivity index (χ1n) is 8.13. The van der Waals surface area contributed by atoms with Crippen LogP contribution in [0.1, 0.15) is 11.1 Å². The molecular weight excluding hydrogens is 302 g/mol. The van der Waals surface area contributed by atoms with Crippen molar-refractivity contribution >= 4 is 11.8 Å². The third-order valence-electron chi connectivity index (χ3n) is 4.18. The molecule has 0 radical (unpaired) electrons. The molecule has 1 aromatic carbocycles. The number of amides is 1. The number of hydrogen-bond donors (Lipinski definition) is 2. The highest BCUT2D eigenvalue weighted by molar-refractivity contribution is 5.97. The lowest BCUT2D eigenvalue weighted by molar-refractivity contribution is -0.117. The summed E-state index contributed by atoms with van der Waals surface area (Å²) in [5, 5.41) is 13.0. The van der Waals surface area contributed by atoms with Crippen LogP contribution in [-0.4, -0.2) is 47.5 Å². The molecule has 2 N–H and O–H groups in total. The van der Waals surface area contributed by atoms with Crippen LogP contribution in [-0.2, 0) is 17.8 Å².